The van der Waals surface area contributed by atoms with Gasteiger partial charge in [0.15, 0.2) is 0 Å². The zero-order valence-corrected chi connectivity index (χ0v) is 10.9. The number of rotatable bonds is 4. The molecule has 2 amide bonds. The Kier molecular flexibility index (Phi) is 4.44. The third-order valence-corrected chi connectivity index (χ3v) is 2.86. The number of nitrogens with two attached hydrogens (primary N) is 1. The smallest absolute Gasteiger partial charge is 0.251 e. The Balaban J connectivity index is 2.86. The van der Waals surface area contributed by atoms with Gasteiger partial charge in [0, 0.05) is 18.3 Å². The highest BCUT2D eigenvalue weighted by Gasteiger charge is 2.25. The number of hydrogen-bond acceptors (Lipinski definition) is 3. The van der Waals surface area contributed by atoms with E-state index in [1.165, 1.54) is 0 Å². The minimum Gasteiger partial charge on any atom is -0.355 e. The van der Waals surface area contributed by atoms with Gasteiger partial charge in [-0.05, 0) is 31.5 Å². The van der Waals surface area contributed by atoms with Gasteiger partial charge < -0.3 is 16.4 Å². The summed E-state index contributed by atoms with van der Waals surface area (Å²) in [6.07, 6.45) is 0.536. The van der Waals surface area contributed by atoms with Gasteiger partial charge in [0.25, 0.3) is 5.91 Å². The van der Waals surface area contributed by atoms with E-state index in [1.54, 1.807) is 38.2 Å². The maximum absolute atomic E-state index is 11.9. The van der Waals surface area contributed by atoms with Gasteiger partial charge in [-0.1, -0.05) is 13.0 Å². The number of nitrogens with one attached hydrogen (secondary N) is 2. The van der Waals surface area contributed by atoms with Gasteiger partial charge in [-0.2, -0.15) is 0 Å². The molecule has 0 aliphatic rings. The molecule has 98 valence electrons. The fraction of sp³-hybridized carbons (Fsp3) is 0.385. The van der Waals surface area contributed by atoms with Gasteiger partial charge in [-0.25, -0.2) is 0 Å². The fourth-order valence-electron chi connectivity index (χ4n) is 1.32. The second-order valence-corrected chi connectivity index (χ2v) is 4.39. The van der Waals surface area contributed by atoms with Gasteiger partial charge in [0.1, 0.15) is 0 Å². The summed E-state index contributed by atoms with van der Waals surface area (Å²) in [7, 11) is 1.56. The Morgan fingerprint density at radius 2 is 2.06 bits per heavy atom. The lowest BCUT2D eigenvalue weighted by atomic mass is 9.99. The van der Waals surface area contributed by atoms with Crippen molar-refractivity contribution in [3.05, 3.63) is 29.8 Å². The number of amides is 2. The van der Waals surface area contributed by atoms with Gasteiger partial charge >= 0.3 is 0 Å². The Bertz CT molecular complexity index is 455. The molecule has 0 radical (unpaired) electrons. The van der Waals surface area contributed by atoms with Crippen molar-refractivity contribution in [1.82, 2.24) is 5.32 Å². The largest absolute Gasteiger partial charge is 0.355 e. The molecule has 0 saturated carbocycles. The lowest BCUT2D eigenvalue weighted by Crippen LogP contribution is -2.47. The standard InChI is InChI=1S/C13H19N3O2/c1-4-13(2,14)12(18)16-10-7-5-6-9(8-10)11(17)15-3/h5-8H,4,14H2,1-3H3,(H,15,17)(H,16,18). The van der Waals surface area contributed by atoms with Crippen LogP contribution >= 0.6 is 0 Å². The van der Waals surface area contributed by atoms with Crippen molar-refractivity contribution >= 4 is 17.5 Å². The van der Waals surface area contributed by atoms with Crippen molar-refractivity contribution in [3.63, 3.8) is 0 Å². The molecule has 0 saturated heterocycles. The molecule has 0 spiro atoms. The Labute approximate surface area is 107 Å². The van der Waals surface area contributed by atoms with Crippen LogP contribution in [0.3, 0.4) is 0 Å². The summed E-state index contributed by atoms with van der Waals surface area (Å²) in [6, 6.07) is 6.72. The van der Waals surface area contributed by atoms with Crippen LogP contribution in [0.2, 0.25) is 0 Å². The molecule has 0 aliphatic heterocycles. The van der Waals surface area contributed by atoms with E-state index in [0.29, 0.717) is 17.7 Å². The van der Waals surface area contributed by atoms with Gasteiger partial charge in [0.2, 0.25) is 5.91 Å². The quantitative estimate of drug-likeness (QED) is 0.747. The van der Waals surface area contributed by atoms with Crippen molar-refractivity contribution in [1.29, 1.82) is 0 Å². The van der Waals surface area contributed by atoms with Crippen LogP contribution in [-0.2, 0) is 4.79 Å². The van der Waals surface area contributed by atoms with Crippen molar-refractivity contribution in [2.24, 2.45) is 5.73 Å². The molecule has 1 aromatic carbocycles. The summed E-state index contributed by atoms with van der Waals surface area (Å²) in [4.78, 5) is 23.3. The molecule has 1 rings (SSSR count). The summed E-state index contributed by atoms with van der Waals surface area (Å²) in [5.74, 6) is -0.462. The van der Waals surface area contributed by atoms with Crippen LogP contribution in [0.1, 0.15) is 30.6 Å². The molecule has 0 bridgehead atoms. The highest BCUT2D eigenvalue weighted by Crippen LogP contribution is 2.14. The van der Waals surface area contributed by atoms with Crippen LogP contribution in [0.4, 0.5) is 5.69 Å². The summed E-state index contributed by atoms with van der Waals surface area (Å²) < 4.78 is 0. The van der Waals surface area contributed by atoms with E-state index < -0.39 is 5.54 Å². The monoisotopic (exact) mass is 249 g/mol. The van der Waals surface area contributed by atoms with E-state index in [9.17, 15) is 9.59 Å². The van der Waals surface area contributed by atoms with Crippen molar-refractivity contribution in [2.45, 2.75) is 25.8 Å². The van der Waals surface area contributed by atoms with Crippen LogP contribution in [0.5, 0.6) is 0 Å². The van der Waals surface area contributed by atoms with E-state index in [1.807, 2.05) is 6.92 Å². The van der Waals surface area contributed by atoms with Gasteiger partial charge in [-0.3, -0.25) is 9.59 Å². The third-order valence-electron chi connectivity index (χ3n) is 2.86. The summed E-state index contributed by atoms with van der Waals surface area (Å²) >= 11 is 0. The van der Waals surface area contributed by atoms with Crippen molar-refractivity contribution in [3.8, 4) is 0 Å². The average Bonchev–Trinajstić information content (AvgIpc) is 2.38. The molecule has 0 heterocycles. The number of anilines is 1. The lowest BCUT2D eigenvalue weighted by molar-refractivity contribution is -0.120. The molecule has 1 aromatic rings. The first-order chi connectivity index (χ1) is 8.40. The molecule has 18 heavy (non-hydrogen) atoms. The minimum atomic E-state index is -0.914. The molecule has 5 nitrogen and oxygen atoms in total. The van der Waals surface area contributed by atoms with Crippen LogP contribution in [0.15, 0.2) is 24.3 Å². The molecular weight excluding hydrogens is 230 g/mol. The summed E-state index contributed by atoms with van der Waals surface area (Å²) in [5, 5.41) is 5.24. The number of carbonyl (C=O) groups is 2. The summed E-state index contributed by atoms with van der Waals surface area (Å²) in [6.45, 7) is 3.52. The summed E-state index contributed by atoms with van der Waals surface area (Å²) in [5.41, 5.74) is 5.98. The molecule has 0 aromatic heterocycles. The predicted molar refractivity (Wildman–Crippen MR) is 71.3 cm³/mol. The third kappa shape index (κ3) is 3.30. The highest BCUT2D eigenvalue weighted by molar-refractivity contribution is 5.99. The lowest BCUT2D eigenvalue weighted by Gasteiger charge is -2.21. The van der Waals surface area contributed by atoms with E-state index in [2.05, 4.69) is 10.6 Å². The Morgan fingerprint density at radius 1 is 1.39 bits per heavy atom. The Hall–Kier alpha value is -1.88. The molecule has 0 aliphatic carbocycles. The van der Waals surface area contributed by atoms with Crippen molar-refractivity contribution in [2.75, 3.05) is 12.4 Å². The fourth-order valence-corrected chi connectivity index (χ4v) is 1.32. The molecule has 5 heteroatoms. The normalized spacial score (nSPS) is 13.6. The van der Waals surface area contributed by atoms with Crippen LogP contribution < -0.4 is 16.4 Å². The minimum absolute atomic E-state index is 0.197. The number of carbonyl (C=O) groups excluding carboxylic acids is 2. The zero-order valence-electron chi connectivity index (χ0n) is 10.9. The maximum Gasteiger partial charge on any atom is 0.251 e. The van der Waals surface area contributed by atoms with E-state index in [0.717, 1.165) is 0 Å². The average molecular weight is 249 g/mol. The maximum atomic E-state index is 11.9. The van der Waals surface area contributed by atoms with Crippen LogP contribution in [0, 0.1) is 0 Å². The van der Waals surface area contributed by atoms with E-state index >= 15 is 0 Å². The second-order valence-electron chi connectivity index (χ2n) is 4.39. The number of hydrogen-bond donors (Lipinski definition) is 3. The molecule has 0 fully saturated rings. The molecule has 4 N–H and O–H groups in total. The van der Waals surface area contributed by atoms with Crippen LogP contribution in [0.25, 0.3) is 0 Å². The molecule has 1 atom stereocenters. The first-order valence-corrected chi connectivity index (χ1v) is 5.83. The highest BCUT2D eigenvalue weighted by atomic mass is 16.2. The first kappa shape index (κ1) is 14.2. The van der Waals surface area contributed by atoms with E-state index in [-0.39, 0.29) is 11.8 Å². The zero-order chi connectivity index (χ0) is 13.8. The number of benzene rings is 1. The molecular formula is C13H19N3O2. The SMILES string of the molecule is CCC(C)(N)C(=O)Nc1cccc(C(=O)NC)c1. The van der Waals surface area contributed by atoms with E-state index in [4.69, 9.17) is 5.73 Å². The predicted octanol–water partition coefficient (Wildman–Crippen LogP) is 1.11. The van der Waals surface area contributed by atoms with Gasteiger partial charge in [-0.15, -0.1) is 0 Å². The van der Waals surface area contributed by atoms with Crippen molar-refractivity contribution < 1.29 is 9.59 Å². The van der Waals surface area contributed by atoms with Crippen LogP contribution in [-0.4, -0.2) is 24.4 Å². The topological polar surface area (TPSA) is 84.2 Å². The first-order valence-electron chi connectivity index (χ1n) is 5.83. The van der Waals surface area contributed by atoms with Gasteiger partial charge in [0.05, 0.1) is 5.54 Å². The molecule has 1 unspecified atom stereocenters. The Morgan fingerprint density at radius 3 is 2.61 bits per heavy atom. The second kappa shape index (κ2) is 5.64.